The maximum atomic E-state index is 12.2. The fourth-order valence-corrected chi connectivity index (χ4v) is 1.71. The number of hydrogen-bond donors (Lipinski definition) is 2. The molecule has 5 nitrogen and oxygen atoms in total. The quantitative estimate of drug-likeness (QED) is 0.689. The molecule has 0 spiro atoms. The Morgan fingerprint density at radius 3 is 2.69 bits per heavy atom. The van der Waals surface area contributed by atoms with Crippen molar-refractivity contribution in [1.82, 2.24) is 10.2 Å². The van der Waals surface area contributed by atoms with Crippen molar-refractivity contribution in [1.29, 1.82) is 0 Å². The van der Waals surface area contributed by atoms with Gasteiger partial charge in [-0.1, -0.05) is 6.92 Å². The first-order valence-corrected chi connectivity index (χ1v) is 5.62. The van der Waals surface area contributed by atoms with E-state index in [1.54, 1.807) is 25.7 Å². The average molecular weight is 227 g/mol. The van der Waals surface area contributed by atoms with Crippen LogP contribution in [0.1, 0.15) is 34.1 Å². The summed E-state index contributed by atoms with van der Waals surface area (Å²) in [6, 6.07) is 0. The second-order valence-electron chi connectivity index (χ2n) is 5.04. The molecular formula is C11H21N3O2. The molecule has 1 unspecified atom stereocenters. The van der Waals surface area contributed by atoms with E-state index in [0.29, 0.717) is 19.5 Å². The Labute approximate surface area is 96.4 Å². The molecule has 16 heavy (non-hydrogen) atoms. The standard InChI is InChI=1S/C11H21N3O2/c1-5-11(4,12)9(16)14-7-6-13-8(15)10(14,2)3/h5-7,12H2,1-4H3,(H,13,15). The predicted octanol–water partition coefficient (Wildman–Crippen LogP) is -0.149. The monoisotopic (exact) mass is 227 g/mol. The summed E-state index contributed by atoms with van der Waals surface area (Å²) in [5, 5.41) is 2.75. The first-order chi connectivity index (χ1) is 7.23. The van der Waals surface area contributed by atoms with E-state index in [0.717, 1.165) is 0 Å². The maximum absolute atomic E-state index is 12.2. The van der Waals surface area contributed by atoms with E-state index in [4.69, 9.17) is 5.73 Å². The zero-order valence-electron chi connectivity index (χ0n) is 10.5. The second-order valence-corrected chi connectivity index (χ2v) is 5.04. The fourth-order valence-electron chi connectivity index (χ4n) is 1.71. The number of piperazine rings is 1. The Hall–Kier alpha value is -1.10. The Kier molecular flexibility index (Phi) is 3.28. The van der Waals surface area contributed by atoms with Crippen LogP contribution in [-0.2, 0) is 9.59 Å². The summed E-state index contributed by atoms with van der Waals surface area (Å²) in [6.45, 7) is 8.07. The number of hydrogen-bond acceptors (Lipinski definition) is 3. The van der Waals surface area contributed by atoms with Crippen molar-refractivity contribution >= 4 is 11.8 Å². The van der Waals surface area contributed by atoms with Gasteiger partial charge in [-0.05, 0) is 27.2 Å². The molecule has 0 radical (unpaired) electrons. The van der Waals surface area contributed by atoms with Gasteiger partial charge in [0.2, 0.25) is 11.8 Å². The lowest BCUT2D eigenvalue weighted by molar-refractivity contribution is -0.152. The van der Waals surface area contributed by atoms with E-state index < -0.39 is 11.1 Å². The molecular weight excluding hydrogens is 206 g/mol. The highest BCUT2D eigenvalue weighted by atomic mass is 16.2. The smallest absolute Gasteiger partial charge is 0.245 e. The third-order valence-corrected chi connectivity index (χ3v) is 3.32. The van der Waals surface area contributed by atoms with Gasteiger partial charge in [0.05, 0.1) is 5.54 Å². The van der Waals surface area contributed by atoms with Crippen LogP contribution in [0.3, 0.4) is 0 Å². The van der Waals surface area contributed by atoms with Gasteiger partial charge in [-0.15, -0.1) is 0 Å². The van der Waals surface area contributed by atoms with Gasteiger partial charge in [-0.3, -0.25) is 9.59 Å². The SMILES string of the molecule is CCC(C)(N)C(=O)N1CCNC(=O)C1(C)C. The van der Waals surface area contributed by atoms with Gasteiger partial charge in [0, 0.05) is 13.1 Å². The molecule has 0 aromatic carbocycles. The molecule has 0 bridgehead atoms. The zero-order chi connectivity index (χ0) is 12.6. The minimum Gasteiger partial charge on any atom is -0.352 e. The molecule has 92 valence electrons. The highest BCUT2D eigenvalue weighted by Crippen LogP contribution is 2.22. The molecule has 1 heterocycles. The van der Waals surface area contributed by atoms with Gasteiger partial charge in [0.15, 0.2) is 0 Å². The van der Waals surface area contributed by atoms with E-state index in [-0.39, 0.29) is 11.8 Å². The molecule has 1 saturated heterocycles. The zero-order valence-corrected chi connectivity index (χ0v) is 10.5. The Morgan fingerprint density at radius 2 is 2.19 bits per heavy atom. The Bertz CT molecular complexity index is 310. The molecule has 0 aromatic rings. The highest BCUT2D eigenvalue weighted by Gasteiger charge is 2.44. The van der Waals surface area contributed by atoms with Crippen LogP contribution < -0.4 is 11.1 Å². The lowest BCUT2D eigenvalue weighted by atomic mass is 9.92. The lowest BCUT2D eigenvalue weighted by Crippen LogP contribution is -2.67. The third kappa shape index (κ3) is 2.04. The van der Waals surface area contributed by atoms with Crippen molar-refractivity contribution < 1.29 is 9.59 Å². The number of carbonyl (C=O) groups is 2. The van der Waals surface area contributed by atoms with Crippen LogP contribution in [0, 0.1) is 0 Å². The van der Waals surface area contributed by atoms with Crippen molar-refractivity contribution in [3.05, 3.63) is 0 Å². The summed E-state index contributed by atoms with van der Waals surface area (Å²) in [6.07, 6.45) is 0.556. The largest absolute Gasteiger partial charge is 0.352 e. The molecule has 3 N–H and O–H groups in total. The van der Waals surface area contributed by atoms with Crippen molar-refractivity contribution in [3.63, 3.8) is 0 Å². The molecule has 1 aliphatic rings. The lowest BCUT2D eigenvalue weighted by Gasteiger charge is -2.44. The molecule has 2 amide bonds. The second kappa shape index (κ2) is 4.05. The topological polar surface area (TPSA) is 75.4 Å². The molecule has 1 fully saturated rings. The third-order valence-electron chi connectivity index (χ3n) is 3.32. The van der Waals surface area contributed by atoms with Gasteiger partial charge in [-0.25, -0.2) is 0 Å². The predicted molar refractivity (Wildman–Crippen MR) is 61.7 cm³/mol. The van der Waals surface area contributed by atoms with Crippen LogP contribution in [0.25, 0.3) is 0 Å². The van der Waals surface area contributed by atoms with Crippen LogP contribution in [0.5, 0.6) is 0 Å². The molecule has 1 aliphatic heterocycles. The van der Waals surface area contributed by atoms with Gasteiger partial charge in [-0.2, -0.15) is 0 Å². The van der Waals surface area contributed by atoms with Gasteiger partial charge >= 0.3 is 0 Å². The van der Waals surface area contributed by atoms with E-state index >= 15 is 0 Å². The maximum Gasteiger partial charge on any atom is 0.245 e. The van der Waals surface area contributed by atoms with Gasteiger partial charge in [0.25, 0.3) is 0 Å². The first kappa shape index (κ1) is 13.0. The van der Waals surface area contributed by atoms with Crippen molar-refractivity contribution in [2.24, 2.45) is 5.73 Å². The number of amides is 2. The highest BCUT2D eigenvalue weighted by molar-refractivity contribution is 5.94. The first-order valence-electron chi connectivity index (χ1n) is 5.62. The minimum absolute atomic E-state index is 0.126. The minimum atomic E-state index is -0.894. The summed E-state index contributed by atoms with van der Waals surface area (Å²) < 4.78 is 0. The number of nitrogens with one attached hydrogen (secondary N) is 1. The summed E-state index contributed by atoms with van der Waals surface area (Å²) in [5.74, 6) is -0.283. The van der Waals surface area contributed by atoms with Crippen molar-refractivity contribution in [2.45, 2.75) is 45.2 Å². The fraction of sp³-hybridized carbons (Fsp3) is 0.818. The molecule has 5 heteroatoms. The number of carbonyl (C=O) groups excluding carboxylic acids is 2. The van der Waals surface area contributed by atoms with Crippen molar-refractivity contribution in [2.75, 3.05) is 13.1 Å². The summed E-state index contributed by atoms with van der Waals surface area (Å²) in [4.78, 5) is 25.5. The van der Waals surface area contributed by atoms with Crippen LogP contribution in [0.2, 0.25) is 0 Å². The van der Waals surface area contributed by atoms with Crippen LogP contribution >= 0.6 is 0 Å². The van der Waals surface area contributed by atoms with Gasteiger partial charge in [0.1, 0.15) is 5.54 Å². The van der Waals surface area contributed by atoms with Crippen LogP contribution in [0.4, 0.5) is 0 Å². The number of rotatable bonds is 2. The number of nitrogens with two attached hydrogens (primary N) is 1. The summed E-state index contributed by atoms with van der Waals surface area (Å²) >= 11 is 0. The molecule has 0 aromatic heterocycles. The molecule has 1 rings (SSSR count). The average Bonchev–Trinajstić information content (AvgIpc) is 2.21. The van der Waals surface area contributed by atoms with E-state index in [1.807, 2.05) is 6.92 Å². The van der Waals surface area contributed by atoms with E-state index in [2.05, 4.69) is 5.32 Å². The molecule has 0 aliphatic carbocycles. The van der Waals surface area contributed by atoms with Gasteiger partial charge < -0.3 is 16.0 Å². The van der Waals surface area contributed by atoms with Crippen LogP contribution in [0.15, 0.2) is 0 Å². The molecule has 0 saturated carbocycles. The van der Waals surface area contributed by atoms with E-state index in [9.17, 15) is 9.59 Å². The van der Waals surface area contributed by atoms with E-state index in [1.165, 1.54) is 0 Å². The summed E-state index contributed by atoms with van der Waals surface area (Å²) in [7, 11) is 0. The van der Waals surface area contributed by atoms with Crippen molar-refractivity contribution in [3.8, 4) is 0 Å². The Balaban J connectivity index is 2.95. The van der Waals surface area contributed by atoms with Crippen LogP contribution in [-0.4, -0.2) is 40.9 Å². The summed E-state index contributed by atoms with van der Waals surface area (Å²) in [5.41, 5.74) is 4.23. The Morgan fingerprint density at radius 1 is 1.62 bits per heavy atom. The molecule has 1 atom stereocenters. The number of nitrogens with zero attached hydrogens (tertiary/aromatic N) is 1. The normalized spacial score (nSPS) is 23.6.